The fourth-order valence-corrected chi connectivity index (χ4v) is 2.16. The average molecular weight is 289 g/mol. The van der Waals surface area contributed by atoms with Gasteiger partial charge in [-0.2, -0.15) is 5.10 Å². The van der Waals surface area contributed by atoms with Gasteiger partial charge in [0.15, 0.2) is 0 Å². The second-order valence-corrected chi connectivity index (χ2v) is 6.58. The van der Waals surface area contributed by atoms with Gasteiger partial charge in [-0.15, -0.1) is 0 Å². The summed E-state index contributed by atoms with van der Waals surface area (Å²) < 4.78 is 14.8. The van der Waals surface area contributed by atoms with Crippen LogP contribution >= 0.6 is 0 Å². The first-order valence-corrected chi connectivity index (χ1v) is 7.36. The Balaban J connectivity index is 1.85. The fraction of sp³-hybridized carbons (Fsp3) is 0.471. The van der Waals surface area contributed by atoms with Crippen LogP contribution in [0.3, 0.4) is 0 Å². The van der Waals surface area contributed by atoms with Crippen LogP contribution in [0.1, 0.15) is 38.8 Å². The van der Waals surface area contributed by atoms with Crippen LogP contribution in [0.2, 0.25) is 0 Å². The smallest absolute Gasteiger partial charge is 0.123 e. The minimum Gasteiger partial charge on any atom is -0.310 e. The monoisotopic (exact) mass is 289 g/mol. The number of rotatable bonds is 5. The average Bonchev–Trinajstić information content (AvgIpc) is 2.88. The van der Waals surface area contributed by atoms with Crippen molar-refractivity contribution in [2.24, 2.45) is 0 Å². The van der Waals surface area contributed by atoms with Gasteiger partial charge >= 0.3 is 0 Å². The second kappa shape index (κ2) is 6.39. The highest BCUT2D eigenvalue weighted by Crippen LogP contribution is 2.13. The van der Waals surface area contributed by atoms with Gasteiger partial charge in [0.2, 0.25) is 0 Å². The number of nitrogens with zero attached hydrogens (tertiary/aromatic N) is 2. The Hall–Kier alpha value is -1.68. The predicted molar refractivity (Wildman–Crippen MR) is 83.6 cm³/mol. The molecule has 0 saturated heterocycles. The summed E-state index contributed by atoms with van der Waals surface area (Å²) >= 11 is 0. The molecule has 0 aliphatic heterocycles. The van der Waals surface area contributed by atoms with Crippen LogP contribution in [0.4, 0.5) is 4.39 Å². The van der Waals surface area contributed by atoms with Crippen molar-refractivity contribution in [2.45, 2.75) is 52.2 Å². The molecule has 1 aromatic heterocycles. The van der Waals surface area contributed by atoms with Crippen LogP contribution < -0.4 is 5.32 Å². The van der Waals surface area contributed by atoms with E-state index in [1.165, 1.54) is 17.7 Å². The van der Waals surface area contributed by atoms with Crippen molar-refractivity contribution in [2.75, 3.05) is 0 Å². The van der Waals surface area contributed by atoms with Crippen molar-refractivity contribution in [3.63, 3.8) is 0 Å². The minimum atomic E-state index is -0.186. The van der Waals surface area contributed by atoms with Crippen molar-refractivity contribution in [3.8, 4) is 0 Å². The molecule has 0 spiro atoms. The highest BCUT2D eigenvalue weighted by molar-refractivity contribution is 5.17. The van der Waals surface area contributed by atoms with Crippen molar-refractivity contribution in [3.05, 3.63) is 53.6 Å². The molecule has 1 aromatic carbocycles. The Kier molecular flexibility index (Phi) is 4.78. The molecule has 2 aromatic rings. The summed E-state index contributed by atoms with van der Waals surface area (Å²) in [4.78, 5) is 0. The maximum Gasteiger partial charge on any atom is 0.123 e. The lowest BCUT2D eigenvalue weighted by Crippen LogP contribution is -2.27. The summed E-state index contributed by atoms with van der Waals surface area (Å²) in [6, 6.07) is 7.02. The Bertz CT molecular complexity index is 566. The van der Waals surface area contributed by atoms with Crippen LogP contribution in [0.15, 0.2) is 36.7 Å². The van der Waals surface area contributed by atoms with Gasteiger partial charge in [-0.1, -0.05) is 12.1 Å². The highest BCUT2D eigenvalue weighted by Gasteiger charge is 2.14. The zero-order valence-corrected chi connectivity index (χ0v) is 13.2. The topological polar surface area (TPSA) is 29.9 Å². The van der Waals surface area contributed by atoms with E-state index in [2.05, 4.69) is 44.3 Å². The molecule has 21 heavy (non-hydrogen) atoms. The molecule has 2 rings (SSSR count). The number of hydrogen-bond acceptors (Lipinski definition) is 2. The summed E-state index contributed by atoms with van der Waals surface area (Å²) in [6.07, 6.45) is 4.87. The van der Waals surface area contributed by atoms with Crippen molar-refractivity contribution >= 4 is 0 Å². The predicted octanol–water partition coefficient (Wildman–Crippen LogP) is 3.50. The molecule has 0 saturated carbocycles. The lowest BCUT2D eigenvalue weighted by Gasteiger charge is -2.18. The van der Waals surface area contributed by atoms with E-state index in [0.717, 1.165) is 18.5 Å². The van der Waals surface area contributed by atoms with Crippen molar-refractivity contribution < 1.29 is 4.39 Å². The molecule has 0 aliphatic carbocycles. The highest BCUT2D eigenvalue weighted by atomic mass is 19.1. The largest absolute Gasteiger partial charge is 0.310 e. The fourth-order valence-electron chi connectivity index (χ4n) is 2.16. The molecule has 1 unspecified atom stereocenters. The van der Waals surface area contributed by atoms with Crippen LogP contribution in [0.5, 0.6) is 0 Å². The Morgan fingerprint density at radius 1 is 1.19 bits per heavy atom. The summed E-state index contributed by atoms with van der Waals surface area (Å²) in [5.41, 5.74) is 2.33. The molecule has 1 atom stereocenters. The molecule has 0 aliphatic rings. The quantitative estimate of drug-likeness (QED) is 0.913. The number of hydrogen-bond donors (Lipinski definition) is 1. The molecule has 0 fully saturated rings. The third-order valence-electron chi connectivity index (χ3n) is 3.43. The Morgan fingerprint density at radius 3 is 2.43 bits per heavy atom. The molecular formula is C17H24FN3. The molecule has 1 heterocycles. The van der Waals surface area contributed by atoms with Gasteiger partial charge in [-0.05, 0) is 51.8 Å². The van der Waals surface area contributed by atoms with Crippen molar-refractivity contribution in [1.29, 1.82) is 0 Å². The van der Waals surface area contributed by atoms with E-state index < -0.39 is 0 Å². The molecule has 3 nitrogen and oxygen atoms in total. The standard InChI is InChI=1S/C17H24FN3/c1-13(9-14-5-7-16(18)8-6-14)19-10-15-11-20-21(12-15)17(2,3)4/h5-8,11-13,19H,9-10H2,1-4H3. The van der Waals surface area contributed by atoms with E-state index in [0.29, 0.717) is 6.04 Å². The van der Waals surface area contributed by atoms with E-state index in [4.69, 9.17) is 0 Å². The lowest BCUT2D eigenvalue weighted by molar-refractivity contribution is 0.355. The second-order valence-electron chi connectivity index (χ2n) is 6.58. The summed E-state index contributed by atoms with van der Waals surface area (Å²) in [7, 11) is 0. The normalized spacial score (nSPS) is 13.4. The van der Waals surface area contributed by atoms with Crippen molar-refractivity contribution in [1.82, 2.24) is 15.1 Å². The van der Waals surface area contributed by atoms with E-state index in [9.17, 15) is 4.39 Å². The minimum absolute atomic E-state index is 0.0119. The number of aromatic nitrogens is 2. The van der Waals surface area contributed by atoms with Gasteiger partial charge in [0.05, 0.1) is 11.7 Å². The summed E-state index contributed by atoms with van der Waals surface area (Å²) in [6.45, 7) is 9.33. The zero-order valence-electron chi connectivity index (χ0n) is 13.2. The van der Waals surface area contributed by atoms with Gasteiger partial charge in [0.25, 0.3) is 0 Å². The van der Waals surface area contributed by atoms with Gasteiger partial charge < -0.3 is 5.32 Å². The summed E-state index contributed by atoms with van der Waals surface area (Å²) in [5.74, 6) is -0.186. The molecule has 0 radical (unpaired) electrons. The number of halogens is 1. The summed E-state index contributed by atoms with van der Waals surface area (Å²) in [5, 5.41) is 7.87. The SMILES string of the molecule is CC(Cc1ccc(F)cc1)NCc1cnn(C(C)(C)C)c1. The molecular weight excluding hydrogens is 265 g/mol. The Morgan fingerprint density at radius 2 is 1.86 bits per heavy atom. The maximum atomic E-state index is 12.9. The first-order valence-electron chi connectivity index (χ1n) is 7.36. The van der Waals surface area contributed by atoms with Crippen LogP contribution in [-0.2, 0) is 18.5 Å². The van der Waals surface area contributed by atoms with E-state index in [-0.39, 0.29) is 11.4 Å². The lowest BCUT2D eigenvalue weighted by atomic mass is 10.1. The van der Waals surface area contributed by atoms with Crippen LogP contribution in [-0.4, -0.2) is 15.8 Å². The van der Waals surface area contributed by atoms with Gasteiger partial charge in [0, 0.05) is 24.3 Å². The van der Waals surface area contributed by atoms with E-state index in [1.54, 1.807) is 0 Å². The molecule has 1 N–H and O–H groups in total. The third-order valence-corrected chi connectivity index (χ3v) is 3.43. The maximum absolute atomic E-state index is 12.9. The van der Waals surface area contributed by atoms with Crippen LogP contribution in [0, 0.1) is 5.82 Å². The molecule has 114 valence electrons. The first kappa shape index (κ1) is 15.7. The zero-order chi connectivity index (χ0) is 15.5. The van der Waals surface area contributed by atoms with Crippen LogP contribution in [0.25, 0.3) is 0 Å². The molecule has 0 bridgehead atoms. The van der Waals surface area contributed by atoms with E-state index in [1.807, 2.05) is 23.0 Å². The first-order chi connectivity index (χ1) is 9.84. The third kappa shape index (κ3) is 4.67. The van der Waals surface area contributed by atoms with Gasteiger partial charge in [-0.3, -0.25) is 4.68 Å². The van der Waals surface area contributed by atoms with Gasteiger partial charge in [0.1, 0.15) is 5.82 Å². The molecule has 0 amide bonds. The number of nitrogens with one attached hydrogen (secondary N) is 1. The van der Waals surface area contributed by atoms with Gasteiger partial charge in [-0.25, -0.2) is 4.39 Å². The van der Waals surface area contributed by atoms with E-state index >= 15 is 0 Å². The Labute approximate surface area is 126 Å². The molecule has 4 heteroatoms. The number of benzene rings is 1.